The van der Waals surface area contributed by atoms with Crippen LogP contribution in [0.2, 0.25) is 0 Å². The zero-order chi connectivity index (χ0) is 19.6. The molecule has 1 atom stereocenters. The van der Waals surface area contributed by atoms with Gasteiger partial charge in [-0.1, -0.05) is 30.3 Å². The summed E-state index contributed by atoms with van der Waals surface area (Å²) in [6.07, 6.45) is -1.03. The Kier molecular flexibility index (Phi) is 8.41. The number of ether oxygens (including phenoxy) is 2. The van der Waals surface area contributed by atoms with Gasteiger partial charge in [0.15, 0.2) is 0 Å². The van der Waals surface area contributed by atoms with E-state index in [0.717, 1.165) is 5.56 Å². The average Bonchev–Trinajstić information content (AvgIpc) is 2.54. The molecule has 2 N–H and O–H groups in total. The van der Waals surface area contributed by atoms with Crippen molar-refractivity contribution in [1.29, 1.82) is 0 Å². The van der Waals surface area contributed by atoms with Crippen molar-refractivity contribution >= 4 is 18.2 Å². The lowest BCUT2D eigenvalue weighted by Crippen LogP contribution is -2.49. The molecule has 144 valence electrons. The molecule has 0 unspecified atom stereocenters. The van der Waals surface area contributed by atoms with Gasteiger partial charge in [-0.05, 0) is 39.2 Å². The molecule has 1 aromatic carbocycles. The van der Waals surface area contributed by atoms with E-state index in [4.69, 9.17) is 9.47 Å². The number of rotatable bonds is 8. The van der Waals surface area contributed by atoms with Gasteiger partial charge in [0, 0.05) is 6.54 Å². The van der Waals surface area contributed by atoms with Gasteiger partial charge in [-0.15, -0.1) is 0 Å². The van der Waals surface area contributed by atoms with E-state index in [2.05, 4.69) is 10.6 Å². The van der Waals surface area contributed by atoms with E-state index >= 15 is 0 Å². The maximum Gasteiger partial charge on any atom is 0.408 e. The zero-order valence-corrected chi connectivity index (χ0v) is 15.2. The Morgan fingerprint density at radius 3 is 2.35 bits per heavy atom. The normalized spacial score (nSPS) is 12.0. The fourth-order valence-corrected chi connectivity index (χ4v) is 1.97. The molecule has 2 amide bonds. The first-order valence-electron chi connectivity index (χ1n) is 8.32. The summed E-state index contributed by atoms with van der Waals surface area (Å²) in [5, 5.41) is 15.9. The number of carboxylic acids is 1. The van der Waals surface area contributed by atoms with Crippen molar-refractivity contribution in [2.75, 3.05) is 6.54 Å². The molecule has 26 heavy (non-hydrogen) atoms. The molecule has 0 aliphatic heterocycles. The lowest BCUT2D eigenvalue weighted by atomic mass is 10.1. The van der Waals surface area contributed by atoms with Crippen LogP contribution in [0.3, 0.4) is 0 Å². The Labute approximate surface area is 152 Å². The van der Waals surface area contributed by atoms with Gasteiger partial charge < -0.3 is 30.0 Å². The third kappa shape index (κ3) is 9.51. The standard InChI is InChI=1S/C18H26N2O6/c1-18(2,3)26-17(24)20-14(15(21)22)10-7-11-19-16(23)25-12-13-8-5-4-6-9-13/h4-6,8-9,14H,7,10-12H2,1-3H3,(H,19,23)(H,20,24)(H,21,22)/p-1/t14-/m0/s1. The van der Waals surface area contributed by atoms with Crippen LogP contribution in [0.1, 0.15) is 39.2 Å². The van der Waals surface area contributed by atoms with E-state index in [1.807, 2.05) is 30.3 Å². The van der Waals surface area contributed by atoms with Crippen LogP contribution in [0.25, 0.3) is 0 Å². The maximum absolute atomic E-state index is 11.6. The summed E-state index contributed by atoms with van der Waals surface area (Å²) in [7, 11) is 0. The van der Waals surface area contributed by atoms with Gasteiger partial charge in [-0.3, -0.25) is 0 Å². The summed E-state index contributed by atoms with van der Waals surface area (Å²) in [5.74, 6) is -1.41. The Morgan fingerprint density at radius 2 is 1.77 bits per heavy atom. The monoisotopic (exact) mass is 365 g/mol. The second kappa shape index (κ2) is 10.3. The summed E-state index contributed by atoms with van der Waals surface area (Å²) < 4.78 is 10.0. The fraction of sp³-hybridized carbons (Fsp3) is 0.500. The Bertz CT molecular complexity index is 597. The van der Waals surface area contributed by atoms with Gasteiger partial charge in [0.1, 0.15) is 12.2 Å². The molecule has 0 saturated carbocycles. The Morgan fingerprint density at radius 1 is 1.12 bits per heavy atom. The number of alkyl carbamates (subject to hydrolysis) is 2. The van der Waals surface area contributed by atoms with E-state index in [1.165, 1.54) is 0 Å². The smallest absolute Gasteiger partial charge is 0.408 e. The first-order chi connectivity index (χ1) is 12.2. The molecule has 0 radical (unpaired) electrons. The zero-order valence-electron chi connectivity index (χ0n) is 15.2. The number of carbonyl (C=O) groups is 3. The topological polar surface area (TPSA) is 117 Å². The molecule has 8 heteroatoms. The number of aliphatic carboxylic acids is 1. The van der Waals surface area contributed by atoms with E-state index < -0.39 is 29.8 Å². The molecule has 0 aliphatic carbocycles. The van der Waals surface area contributed by atoms with Crippen molar-refractivity contribution in [2.24, 2.45) is 0 Å². The molecule has 8 nitrogen and oxygen atoms in total. The predicted octanol–water partition coefficient (Wildman–Crippen LogP) is 1.34. The first kappa shape index (κ1) is 21.3. The van der Waals surface area contributed by atoms with Gasteiger partial charge in [0.05, 0.1) is 12.0 Å². The number of benzene rings is 1. The predicted molar refractivity (Wildman–Crippen MR) is 92.0 cm³/mol. The summed E-state index contributed by atoms with van der Waals surface area (Å²) in [5.41, 5.74) is 0.131. The number of hydrogen-bond donors (Lipinski definition) is 2. The second-order valence-corrected chi connectivity index (χ2v) is 6.65. The molecule has 0 saturated heterocycles. The quantitative estimate of drug-likeness (QED) is 0.671. The minimum absolute atomic E-state index is 0.0839. The van der Waals surface area contributed by atoms with E-state index in [1.54, 1.807) is 20.8 Å². The first-order valence-corrected chi connectivity index (χ1v) is 8.32. The van der Waals surface area contributed by atoms with Crippen LogP contribution < -0.4 is 15.7 Å². The number of carbonyl (C=O) groups excluding carboxylic acids is 3. The molecule has 1 aromatic rings. The van der Waals surface area contributed by atoms with Crippen molar-refractivity contribution in [3.05, 3.63) is 35.9 Å². The second-order valence-electron chi connectivity index (χ2n) is 6.65. The molecule has 0 bridgehead atoms. The number of carboxylic acid groups (broad SMARTS) is 1. The molecule has 0 fully saturated rings. The van der Waals surface area contributed by atoms with Crippen LogP contribution in [-0.2, 0) is 20.9 Å². The number of nitrogens with one attached hydrogen (secondary N) is 2. The summed E-state index contributed by atoms with van der Waals surface area (Å²) in [4.78, 5) is 34.3. The summed E-state index contributed by atoms with van der Waals surface area (Å²) in [6.45, 7) is 5.37. The van der Waals surface area contributed by atoms with Crippen LogP contribution in [0.4, 0.5) is 9.59 Å². The van der Waals surface area contributed by atoms with Gasteiger partial charge in [0.25, 0.3) is 0 Å². The molecule has 0 heterocycles. The van der Waals surface area contributed by atoms with Crippen LogP contribution >= 0.6 is 0 Å². The van der Waals surface area contributed by atoms with Gasteiger partial charge in [-0.25, -0.2) is 9.59 Å². The average molecular weight is 365 g/mol. The highest BCUT2D eigenvalue weighted by Gasteiger charge is 2.20. The number of amides is 2. The van der Waals surface area contributed by atoms with Gasteiger partial charge >= 0.3 is 12.2 Å². The molecule has 1 rings (SSSR count). The third-order valence-electron chi connectivity index (χ3n) is 3.13. The van der Waals surface area contributed by atoms with Gasteiger partial charge in [0.2, 0.25) is 0 Å². The Balaban J connectivity index is 2.26. The lowest BCUT2D eigenvalue weighted by Gasteiger charge is -2.24. The minimum Gasteiger partial charge on any atom is -0.548 e. The van der Waals surface area contributed by atoms with Crippen LogP contribution in [0, 0.1) is 0 Å². The van der Waals surface area contributed by atoms with Crippen molar-refractivity contribution < 1.29 is 29.0 Å². The van der Waals surface area contributed by atoms with E-state index in [-0.39, 0.29) is 19.6 Å². The highest BCUT2D eigenvalue weighted by atomic mass is 16.6. The highest BCUT2D eigenvalue weighted by Crippen LogP contribution is 2.07. The Hall–Kier alpha value is -2.77. The van der Waals surface area contributed by atoms with Crippen molar-refractivity contribution in [1.82, 2.24) is 10.6 Å². The van der Waals surface area contributed by atoms with Crippen molar-refractivity contribution in [3.8, 4) is 0 Å². The largest absolute Gasteiger partial charge is 0.548 e. The molecule has 0 aromatic heterocycles. The maximum atomic E-state index is 11.6. The fourth-order valence-electron chi connectivity index (χ4n) is 1.97. The van der Waals surface area contributed by atoms with E-state index in [0.29, 0.717) is 6.42 Å². The van der Waals surface area contributed by atoms with E-state index in [9.17, 15) is 19.5 Å². The number of hydrogen-bond acceptors (Lipinski definition) is 6. The SMILES string of the molecule is CC(C)(C)OC(=O)N[C@@H](CCCNC(=O)OCc1ccccc1)C(=O)[O-]. The summed E-state index contributed by atoms with van der Waals surface area (Å²) in [6, 6.07) is 8.01. The van der Waals surface area contributed by atoms with Crippen LogP contribution in [-0.4, -0.2) is 36.3 Å². The molecular weight excluding hydrogens is 340 g/mol. The van der Waals surface area contributed by atoms with Crippen molar-refractivity contribution in [2.45, 2.75) is 51.9 Å². The van der Waals surface area contributed by atoms with Crippen LogP contribution in [0.15, 0.2) is 30.3 Å². The summed E-state index contributed by atoms with van der Waals surface area (Å²) >= 11 is 0. The molecule has 0 spiro atoms. The van der Waals surface area contributed by atoms with Gasteiger partial charge in [-0.2, -0.15) is 0 Å². The van der Waals surface area contributed by atoms with Crippen LogP contribution in [0.5, 0.6) is 0 Å². The van der Waals surface area contributed by atoms with Crippen molar-refractivity contribution in [3.63, 3.8) is 0 Å². The highest BCUT2D eigenvalue weighted by molar-refractivity contribution is 5.78. The lowest BCUT2D eigenvalue weighted by molar-refractivity contribution is -0.308. The molecular formula is C18H25N2O6-. The minimum atomic E-state index is -1.41. The molecule has 0 aliphatic rings. The third-order valence-corrected chi connectivity index (χ3v) is 3.13.